The third-order valence-corrected chi connectivity index (χ3v) is 4.52. The van der Waals surface area contributed by atoms with Crippen LogP contribution in [0.15, 0.2) is 78.9 Å². The molecule has 3 aromatic rings. The highest BCUT2D eigenvalue weighted by atomic mass is 35.5. The van der Waals surface area contributed by atoms with Crippen molar-refractivity contribution in [2.75, 3.05) is 0 Å². The van der Waals surface area contributed by atoms with Gasteiger partial charge in [-0.15, -0.1) is 0 Å². The molecule has 23 heavy (non-hydrogen) atoms. The molecule has 0 aromatic heterocycles. The third kappa shape index (κ3) is 4.46. The predicted octanol–water partition coefficient (Wildman–Crippen LogP) is 6.22. The van der Waals surface area contributed by atoms with Crippen LogP contribution >= 0.6 is 11.6 Å². The molecule has 0 aliphatic carbocycles. The lowest BCUT2D eigenvalue weighted by Gasteiger charge is -2.18. The van der Waals surface area contributed by atoms with E-state index >= 15 is 0 Å². The average molecular weight is 321 g/mol. The van der Waals surface area contributed by atoms with Crippen LogP contribution < -0.4 is 0 Å². The number of rotatable bonds is 5. The van der Waals surface area contributed by atoms with E-state index in [1.165, 1.54) is 22.3 Å². The van der Waals surface area contributed by atoms with Crippen molar-refractivity contribution in [3.8, 4) is 0 Å². The van der Waals surface area contributed by atoms with Gasteiger partial charge >= 0.3 is 0 Å². The van der Waals surface area contributed by atoms with Gasteiger partial charge in [0.2, 0.25) is 0 Å². The minimum Gasteiger partial charge on any atom is -0.0843 e. The molecule has 0 radical (unpaired) electrons. The molecule has 116 valence electrons. The molecule has 0 spiro atoms. The summed E-state index contributed by atoms with van der Waals surface area (Å²) in [6, 6.07) is 27.9. The van der Waals surface area contributed by atoms with Crippen LogP contribution in [-0.2, 0) is 12.8 Å². The Bertz CT molecular complexity index is 680. The maximum atomic E-state index is 6.01. The van der Waals surface area contributed by atoms with Crippen molar-refractivity contribution in [1.82, 2.24) is 0 Å². The Kier molecular flexibility index (Phi) is 5.15. The fourth-order valence-electron chi connectivity index (χ4n) is 2.95. The van der Waals surface area contributed by atoms with Crippen LogP contribution in [-0.4, -0.2) is 0 Å². The standard InChI is InChI=1S/C22H21Cl/c1-17-7-9-18(10-8-17)15-21(20-5-3-2-4-6-20)16-19-11-13-22(23)14-12-19/h2-14,21H,15-16H2,1H3. The Morgan fingerprint density at radius 1 is 0.696 bits per heavy atom. The summed E-state index contributed by atoms with van der Waals surface area (Å²) in [5, 5.41) is 0.795. The van der Waals surface area contributed by atoms with Crippen LogP contribution in [0.5, 0.6) is 0 Å². The summed E-state index contributed by atoms with van der Waals surface area (Å²) in [6.45, 7) is 2.13. The van der Waals surface area contributed by atoms with Gasteiger partial charge in [0.1, 0.15) is 0 Å². The van der Waals surface area contributed by atoms with Crippen LogP contribution in [0.1, 0.15) is 28.2 Å². The monoisotopic (exact) mass is 320 g/mol. The lowest BCUT2D eigenvalue weighted by molar-refractivity contribution is 0.680. The lowest BCUT2D eigenvalue weighted by Crippen LogP contribution is -2.07. The minimum atomic E-state index is 0.472. The normalized spacial score (nSPS) is 12.1. The van der Waals surface area contributed by atoms with Gasteiger partial charge in [-0.1, -0.05) is 83.9 Å². The zero-order chi connectivity index (χ0) is 16.1. The highest BCUT2D eigenvalue weighted by Crippen LogP contribution is 2.26. The largest absolute Gasteiger partial charge is 0.0843 e. The second kappa shape index (κ2) is 7.48. The van der Waals surface area contributed by atoms with Gasteiger partial charge in [-0.25, -0.2) is 0 Å². The van der Waals surface area contributed by atoms with Gasteiger partial charge in [-0.05, 0) is 54.5 Å². The molecule has 1 heteroatoms. The molecule has 0 aliphatic rings. The number of hydrogen-bond acceptors (Lipinski definition) is 0. The number of halogens is 1. The molecular formula is C22H21Cl. The zero-order valence-electron chi connectivity index (χ0n) is 13.4. The zero-order valence-corrected chi connectivity index (χ0v) is 14.1. The Morgan fingerprint density at radius 2 is 1.22 bits per heavy atom. The first-order valence-corrected chi connectivity index (χ1v) is 8.43. The molecular weight excluding hydrogens is 300 g/mol. The van der Waals surface area contributed by atoms with E-state index in [4.69, 9.17) is 11.6 Å². The van der Waals surface area contributed by atoms with Crippen molar-refractivity contribution < 1.29 is 0 Å². The Balaban J connectivity index is 1.84. The smallest absolute Gasteiger partial charge is 0.0406 e. The summed E-state index contributed by atoms with van der Waals surface area (Å²) < 4.78 is 0. The van der Waals surface area contributed by atoms with Gasteiger partial charge in [0.05, 0.1) is 0 Å². The topological polar surface area (TPSA) is 0 Å². The van der Waals surface area contributed by atoms with Gasteiger partial charge in [-0.2, -0.15) is 0 Å². The summed E-state index contributed by atoms with van der Waals surface area (Å²) in [7, 11) is 0. The van der Waals surface area contributed by atoms with Crippen molar-refractivity contribution >= 4 is 11.6 Å². The molecule has 0 saturated carbocycles. The van der Waals surface area contributed by atoms with Crippen molar-refractivity contribution in [3.05, 3.63) is 106 Å². The molecule has 0 aliphatic heterocycles. The van der Waals surface area contributed by atoms with Crippen LogP contribution in [0.4, 0.5) is 0 Å². The van der Waals surface area contributed by atoms with Crippen LogP contribution in [0.25, 0.3) is 0 Å². The molecule has 1 atom stereocenters. The molecule has 0 N–H and O–H groups in total. The Labute approximate surface area is 143 Å². The van der Waals surface area contributed by atoms with E-state index in [1.807, 2.05) is 12.1 Å². The van der Waals surface area contributed by atoms with Gasteiger partial charge in [0, 0.05) is 5.02 Å². The fourth-order valence-corrected chi connectivity index (χ4v) is 3.07. The SMILES string of the molecule is Cc1ccc(CC(Cc2ccc(Cl)cc2)c2ccccc2)cc1. The van der Waals surface area contributed by atoms with Gasteiger partial charge in [0.15, 0.2) is 0 Å². The van der Waals surface area contributed by atoms with Crippen LogP contribution in [0.3, 0.4) is 0 Å². The maximum Gasteiger partial charge on any atom is 0.0406 e. The van der Waals surface area contributed by atoms with Crippen LogP contribution in [0.2, 0.25) is 5.02 Å². The van der Waals surface area contributed by atoms with E-state index in [0.717, 1.165) is 17.9 Å². The fraction of sp³-hybridized carbons (Fsp3) is 0.182. The minimum absolute atomic E-state index is 0.472. The molecule has 0 bridgehead atoms. The molecule has 0 amide bonds. The van der Waals surface area contributed by atoms with E-state index < -0.39 is 0 Å². The summed E-state index contributed by atoms with van der Waals surface area (Å²) in [6.07, 6.45) is 2.07. The van der Waals surface area contributed by atoms with E-state index in [2.05, 4.69) is 73.7 Å². The first-order chi connectivity index (χ1) is 11.2. The van der Waals surface area contributed by atoms with Gasteiger partial charge in [0.25, 0.3) is 0 Å². The van der Waals surface area contributed by atoms with Crippen molar-refractivity contribution in [1.29, 1.82) is 0 Å². The van der Waals surface area contributed by atoms with Crippen molar-refractivity contribution in [2.24, 2.45) is 0 Å². The van der Waals surface area contributed by atoms with E-state index in [1.54, 1.807) is 0 Å². The molecule has 3 aromatic carbocycles. The summed E-state index contributed by atoms with van der Waals surface area (Å²) in [4.78, 5) is 0. The Hall–Kier alpha value is -2.05. The second-order valence-electron chi connectivity index (χ2n) is 6.13. The lowest BCUT2D eigenvalue weighted by atomic mass is 9.86. The van der Waals surface area contributed by atoms with Crippen molar-refractivity contribution in [2.45, 2.75) is 25.7 Å². The Morgan fingerprint density at radius 3 is 1.78 bits per heavy atom. The first-order valence-electron chi connectivity index (χ1n) is 8.05. The van der Waals surface area contributed by atoms with E-state index in [-0.39, 0.29) is 0 Å². The molecule has 0 fully saturated rings. The third-order valence-electron chi connectivity index (χ3n) is 4.27. The summed E-state index contributed by atoms with van der Waals surface area (Å²) in [5.41, 5.74) is 5.42. The summed E-state index contributed by atoms with van der Waals surface area (Å²) >= 11 is 6.01. The highest BCUT2D eigenvalue weighted by Gasteiger charge is 2.13. The van der Waals surface area contributed by atoms with E-state index in [0.29, 0.717) is 5.92 Å². The van der Waals surface area contributed by atoms with Gasteiger partial charge < -0.3 is 0 Å². The summed E-state index contributed by atoms with van der Waals surface area (Å²) in [5.74, 6) is 0.472. The quantitative estimate of drug-likeness (QED) is 0.523. The molecule has 3 rings (SSSR count). The van der Waals surface area contributed by atoms with E-state index in [9.17, 15) is 0 Å². The molecule has 0 saturated heterocycles. The molecule has 0 heterocycles. The van der Waals surface area contributed by atoms with Crippen molar-refractivity contribution in [3.63, 3.8) is 0 Å². The second-order valence-corrected chi connectivity index (χ2v) is 6.56. The molecule has 1 unspecified atom stereocenters. The number of aryl methyl sites for hydroxylation is 1. The van der Waals surface area contributed by atoms with Gasteiger partial charge in [-0.3, -0.25) is 0 Å². The average Bonchev–Trinajstić information content (AvgIpc) is 2.59. The number of hydrogen-bond donors (Lipinski definition) is 0. The maximum absolute atomic E-state index is 6.01. The first kappa shape index (κ1) is 15.8. The number of benzene rings is 3. The predicted molar refractivity (Wildman–Crippen MR) is 99.2 cm³/mol. The highest BCUT2D eigenvalue weighted by molar-refractivity contribution is 6.30. The van der Waals surface area contributed by atoms with Crippen LogP contribution in [0, 0.1) is 6.92 Å². The molecule has 0 nitrogen and oxygen atoms in total.